The Kier molecular flexibility index (Phi) is 8.74. The van der Waals surface area contributed by atoms with E-state index in [2.05, 4.69) is 10.9 Å². The van der Waals surface area contributed by atoms with Gasteiger partial charge in [0.15, 0.2) is 0 Å². The van der Waals surface area contributed by atoms with E-state index in [1.165, 1.54) is 0 Å². The second kappa shape index (κ2) is 8.89. The molecule has 0 fully saturated rings. The third-order valence-corrected chi connectivity index (χ3v) is 1.49. The number of hydrazine groups is 2. The molecule has 0 aliphatic rings. The molecule has 0 heterocycles. The topological polar surface area (TPSA) is 62.5 Å². The van der Waals surface area contributed by atoms with Gasteiger partial charge in [0.25, 0.3) is 0 Å². The number of rotatable bonds is 8. The molecule has 0 aromatic rings. The molecule has 0 radical (unpaired) electrons. The van der Waals surface area contributed by atoms with Crippen LogP contribution in [0.3, 0.4) is 0 Å². The van der Waals surface area contributed by atoms with E-state index in [0.717, 1.165) is 32.7 Å². The minimum Gasteiger partial charge on any atom is -0.385 e. The smallest absolute Gasteiger partial charge is 0.0475 e. The van der Waals surface area contributed by atoms with Gasteiger partial charge < -0.3 is 4.74 Å². The van der Waals surface area contributed by atoms with Gasteiger partial charge in [0, 0.05) is 33.4 Å². The minimum atomic E-state index is 0.771. The van der Waals surface area contributed by atoms with Crippen molar-refractivity contribution in [1.82, 2.24) is 15.9 Å². The molecule has 0 aliphatic heterocycles. The molecule has 0 unspecified atom stereocenters. The third-order valence-electron chi connectivity index (χ3n) is 1.49. The van der Waals surface area contributed by atoms with Gasteiger partial charge in [0.1, 0.15) is 0 Å². The Morgan fingerprint density at radius 2 is 2.17 bits per heavy atom. The first-order chi connectivity index (χ1) is 5.81. The lowest BCUT2D eigenvalue weighted by atomic mass is 10.4. The van der Waals surface area contributed by atoms with E-state index in [0.29, 0.717) is 0 Å². The zero-order valence-corrected chi connectivity index (χ0v) is 7.97. The van der Waals surface area contributed by atoms with Gasteiger partial charge in [-0.3, -0.25) is 16.7 Å². The number of nitrogens with zero attached hydrogens (tertiary/aromatic N) is 1. The molecule has 0 saturated heterocycles. The van der Waals surface area contributed by atoms with Crippen molar-refractivity contribution in [1.29, 1.82) is 0 Å². The van der Waals surface area contributed by atoms with Crippen LogP contribution in [0.1, 0.15) is 6.42 Å². The van der Waals surface area contributed by atoms with Crippen molar-refractivity contribution in [3.8, 4) is 0 Å². The summed E-state index contributed by atoms with van der Waals surface area (Å²) >= 11 is 0. The van der Waals surface area contributed by atoms with Crippen molar-refractivity contribution < 1.29 is 4.74 Å². The lowest BCUT2D eigenvalue weighted by Gasteiger charge is -2.15. The maximum atomic E-state index is 5.67. The standard InChI is InChI=1S/C7H20N4O/c1-9-10-4-6-11(8)5-3-7-12-2/h9-10H,3-8H2,1-2H3. The number of methoxy groups -OCH3 is 1. The predicted octanol–water partition coefficient (Wildman–Crippen LogP) is -1.08. The highest BCUT2D eigenvalue weighted by Gasteiger charge is 1.96. The summed E-state index contributed by atoms with van der Waals surface area (Å²) < 4.78 is 4.91. The van der Waals surface area contributed by atoms with Crippen molar-refractivity contribution in [2.24, 2.45) is 5.84 Å². The first kappa shape index (κ1) is 11.8. The Bertz CT molecular complexity index is 81.5. The molecule has 0 saturated carbocycles. The second-order valence-electron chi connectivity index (χ2n) is 2.56. The number of nitrogens with two attached hydrogens (primary N) is 1. The van der Waals surface area contributed by atoms with Crippen LogP contribution in [0.2, 0.25) is 0 Å². The SMILES string of the molecule is CNNCCN(N)CCCOC. The summed E-state index contributed by atoms with van der Waals surface area (Å²) in [7, 11) is 3.54. The van der Waals surface area contributed by atoms with Crippen molar-refractivity contribution in [2.75, 3.05) is 40.4 Å². The van der Waals surface area contributed by atoms with Gasteiger partial charge in [-0.25, -0.2) is 5.01 Å². The van der Waals surface area contributed by atoms with Gasteiger partial charge in [-0.1, -0.05) is 0 Å². The van der Waals surface area contributed by atoms with E-state index in [1.807, 2.05) is 7.05 Å². The van der Waals surface area contributed by atoms with Crippen LogP contribution in [-0.2, 0) is 4.74 Å². The molecule has 0 aromatic carbocycles. The van der Waals surface area contributed by atoms with Crippen LogP contribution in [0.5, 0.6) is 0 Å². The fraction of sp³-hybridized carbons (Fsp3) is 1.00. The van der Waals surface area contributed by atoms with Crippen molar-refractivity contribution in [3.05, 3.63) is 0 Å². The first-order valence-corrected chi connectivity index (χ1v) is 4.19. The maximum Gasteiger partial charge on any atom is 0.0475 e. The average Bonchev–Trinajstić information content (AvgIpc) is 2.06. The normalized spacial score (nSPS) is 11.0. The molecule has 5 heteroatoms. The van der Waals surface area contributed by atoms with Crippen molar-refractivity contribution in [3.63, 3.8) is 0 Å². The van der Waals surface area contributed by atoms with Gasteiger partial charge in [-0.15, -0.1) is 0 Å². The van der Waals surface area contributed by atoms with Gasteiger partial charge in [0.05, 0.1) is 0 Å². The minimum absolute atomic E-state index is 0.771. The van der Waals surface area contributed by atoms with Gasteiger partial charge in [-0.05, 0) is 13.5 Å². The van der Waals surface area contributed by atoms with Crippen molar-refractivity contribution in [2.45, 2.75) is 6.42 Å². The van der Waals surface area contributed by atoms with E-state index in [1.54, 1.807) is 12.1 Å². The van der Waals surface area contributed by atoms with E-state index in [4.69, 9.17) is 10.6 Å². The van der Waals surface area contributed by atoms with E-state index >= 15 is 0 Å². The third kappa shape index (κ3) is 7.90. The first-order valence-electron chi connectivity index (χ1n) is 4.19. The lowest BCUT2D eigenvalue weighted by molar-refractivity contribution is 0.172. The van der Waals surface area contributed by atoms with Gasteiger partial charge >= 0.3 is 0 Å². The molecule has 74 valence electrons. The summed E-state index contributed by atoms with van der Waals surface area (Å²) in [6, 6.07) is 0. The predicted molar refractivity (Wildman–Crippen MR) is 49.3 cm³/mol. The van der Waals surface area contributed by atoms with E-state index < -0.39 is 0 Å². The average molecular weight is 176 g/mol. The fourth-order valence-electron chi connectivity index (χ4n) is 0.848. The quantitative estimate of drug-likeness (QED) is 0.249. The molecular formula is C7H20N4O. The van der Waals surface area contributed by atoms with Crippen LogP contribution in [-0.4, -0.2) is 45.4 Å². The van der Waals surface area contributed by atoms with Gasteiger partial charge in [0.2, 0.25) is 0 Å². The Morgan fingerprint density at radius 3 is 2.75 bits per heavy atom. The molecular weight excluding hydrogens is 156 g/mol. The monoisotopic (exact) mass is 176 g/mol. The Labute approximate surface area is 74.2 Å². The van der Waals surface area contributed by atoms with Crippen molar-refractivity contribution >= 4 is 0 Å². The highest BCUT2D eigenvalue weighted by molar-refractivity contribution is 4.50. The summed E-state index contributed by atoms with van der Waals surface area (Å²) in [4.78, 5) is 0. The summed E-state index contributed by atoms with van der Waals surface area (Å²) in [6.45, 7) is 3.33. The number of nitrogens with one attached hydrogen (secondary N) is 2. The van der Waals surface area contributed by atoms with Crippen LogP contribution in [0.4, 0.5) is 0 Å². The van der Waals surface area contributed by atoms with Gasteiger partial charge in [-0.2, -0.15) is 0 Å². The lowest BCUT2D eigenvalue weighted by Crippen LogP contribution is -2.41. The summed E-state index contributed by atoms with van der Waals surface area (Å²) in [5.41, 5.74) is 5.80. The molecule has 0 aromatic heterocycles. The zero-order chi connectivity index (χ0) is 9.23. The molecule has 12 heavy (non-hydrogen) atoms. The maximum absolute atomic E-state index is 5.67. The van der Waals surface area contributed by atoms with E-state index in [-0.39, 0.29) is 0 Å². The highest BCUT2D eigenvalue weighted by Crippen LogP contribution is 1.83. The number of ether oxygens (including phenoxy) is 1. The Balaban J connectivity index is 3.04. The molecule has 0 rings (SSSR count). The molecule has 0 atom stereocenters. The molecule has 0 spiro atoms. The highest BCUT2D eigenvalue weighted by atomic mass is 16.5. The number of hydrogen-bond donors (Lipinski definition) is 3. The van der Waals surface area contributed by atoms with Crippen LogP contribution in [0.25, 0.3) is 0 Å². The second-order valence-corrected chi connectivity index (χ2v) is 2.56. The largest absolute Gasteiger partial charge is 0.385 e. The van der Waals surface area contributed by atoms with Crippen LogP contribution in [0, 0.1) is 0 Å². The Morgan fingerprint density at radius 1 is 1.42 bits per heavy atom. The molecule has 0 bridgehead atoms. The number of hydrogen-bond acceptors (Lipinski definition) is 5. The fourth-order valence-corrected chi connectivity index (χ4v) is 0.848. The zero-order valence-electron chi connectivity index (χ0n) is 7.97. The molecule has 5 nitrogen and oxygen atoms in total. The van der Waals surface area contributed by atoms with Crippen LogP contribution < -0.4 is 16.7 Å². The van der Waals surface area contributed by atoms with Crippen LogP contribution in [0.15, 0.2) is 0 Å². The van der Waals surface area contributed by atoms with E-state index in [9.17, 15) is 0 Å². The van der Waals surface area contributed by atoms with Crippen LogP contribution >= 0.6 is 0 Å². The molecule has 0 aliphatic carbocycles. The molecule has 4 N–H and O–H groups in total. The summed E-state index contributed by atoms with van der Waals surface area (Å²) in [5.74, 6) is 5.67. The summed E-state index contributed by atoms with van der Waals surface area (Å²) in [5, 5.41) is 1.78. The Hall–Kier alpha value is -0.200. The summed E-state index contributed by atoms with van der Waals surface area (Å²) in [6.07, 6.45) is 0.979. The molecule has 0 amide bonds.